The molecule has 0 unspecified atom stereocenters. The fourth-order valence-corrected chi connectivity index (χ4v) is 3.39. The van der Waals surface area contributed by atoms with E-state index >= 15 is 0 Å². The molecule has 0 bridgehead atoms. The zero-order valence-corrected chi connectivity index (χ0v) is 12.9. The van der Waals surface area contributed by atoms with Gasteiger partial charge in [-0.15, -0.1) is 0 Å². The number of hydrogen-bond donors (Lipinski definition) is 0. The summed E-state index contributed by atoms with van der Waals surface area (Å²) in [5.74, 6) is 0. The van der Waals surface area contributed by atoms with Gasteiger partial charge in [0.05, 0.1) is 0 Å². The number of nitrogens with zero attached hydrogens (tertiary/aromatic N) is 3. The lowest BCUT2D eigenvalue weighted by molar-refractivity contribution is 0.0631. The fraction of sp³-hybridized carbons (Fsp3) is 0.294. The highest BCUT2D eigenvalue weighted by atomic mass is 16.3. The Morgan fingerprint density at radius 2 is 2.09 bits per heavy atom. The third-order valence-electron chi connectivity index (χ3n) is 4.54. The maximum atomic E-state index is 7.68. The largest absolute Gasteiger partial charge is 0.468 e. The minimum Gasteiger partial charge on any atom is -0.468 e. The number of hydrogen-bond acceptors (Lipinski definition) is 4. The van der Waals surface area contributed by atoms with Gasteiger partial charge >= 0.3 is 6.85 Å². The molecular formula is C17H20BN3O. The molecule has 112 valence electrons. The van der Waals surface area contributed by atoms with Crippen LogP contribution in [0.3, 0.4) is 0 Å². The van der Waals surface area contributed by atoms with Crippen LogP contribution in [0.2, 0.25) is 6.82 Å². The standard InChI is InChI=1S/C17H20BN3O/c1-12-11-15-14-7-5-6-8-16(14)22-17(15)18(3)21(12)20-10-9-19(4)13(20)2/h5-11,13H,1-4H3/t13-/m0/s1/i4D3. The predicted octanol–water partition coefficient (Wildman–Crippen LogP) is 2.92. The molecule has 1 aromatic carbocycles. The Balaban J connectivity index is 1.73. The Morgan fingerprint density at radius 3 is 2.86 bits per heavy atom. The highest BCUT2D eigenvalue weighted by Crippen LogP contribution is 2.30. The van der Waals surface area contributed by atoms with Gasteiger partial charge in [0, 0.05) is 40.1 Å². The van der Waals surface area contributed by atoms with Crippen molar-refractivity contribution >= 4 is 29.6 Å². The monoisotopic (exact) mass is 296 g/mol. The molecule has 0 N–H and O–H groups in total. The summed E-state index contributed by atoms with van der Waals surface area (Å²) in [4.78, 5) is 3.48. The summed E-state index contributed by atoms with van der Waals surface area (Å²) in [5.41, 5.74) is 3.94. The molecule has 0 radical (unpaired) electrons. The van der Waals surface area contributed by atoms with E-state index in [0.29, 0.717) is 0 Å². The lowest BCUT2D eigenvalue weighted by Gasteiger charge is -2.43. The summed E-state index contributed by atoms with van der Waals surface area (Å²) in [5, 5.41) is 3.07. The van der Waals surface area contributed by atoms with E-state index in [4.69, 9.17) is 8.53 Å². The van der Waals surface area contributed by atoms with Gasteiger partial charge < -0.3 is 14.2 Å². The van der Waals surface area contributed by atoms with E-state index in [2.05, 4.69) is 23.9 Å². The van der Waals surface area contributed by atoms with Gasteiger partial charge in [-0.25, -0.2) is 0 Å². The van der Waals surface area contributed by atoms with Crippen LogP contribution in [0.15, 0.2) is 46.8 Å². The molecule has 0 amide bonds. The maximum absolute atomic E-state index is 7.68. The van der Waals surface area contributed by atoms with Crippen molar-refractivity contribution in [2.24, 2.45) is 0 Å². The molecule has 2 aliphatic heterocycles. The number of rotatable bonds is 1. The minimum atomic E-state index is -2.16. The van der Waals surface area contributed by atoms with Gasteiger partial charge in [0.2, 0.25) is 0 Å². The first-order valence-corrected chi connectivity index (χ1v) is 7.53. The summed E-state index contributed by atoms with van der Waals surface area (Å²) in [6, 6.07) is 8.02. The third-order valence-corrected chi connectivity index (χ3v) is 4.54. The van der Waals surface area contributed by atoms with Gasteiger partial charge in [0.15, 0.2) is 0 Å². The summed E-state index contributed by atoms with van der Waals surface area (Å²) >= 11 is 0. The molecule has 4 rings (SSSR count). The van der Waals surface area contributed by atoms with Gasteiger partial charge in [-0.2, -0.15) is 0 Å². The number of hydrazine groups is 1. The van der Waals surface area contributed by atoms with Crippen LogP contribution in [0.1, 0.15) is 23.5 Å². The third kappa shape index (κ3) is 1.71. The van der Waals surface area contributed by atoms with E-state index in [9.17, 15) is 0 Å². The summed E-state index contributed by atoms with van der Waals surface area (Å²) in [6.07, 6.45) is 5.26. The van der Waals surface area contributed by atoms with Crippen LogP contribution in [0.4, 0.5) is 0 Å². The second-order valence-corrected chi connectivity index (χ2v) is 5.90. The number of allylic oxidation sites excluding steroid dienone is 1. The van der Waals surface area contributed by atoms with Crippen molar-refractivity contribution in [3.8, 4) is 0 Å². The average molecular weight is 296 g/mol. The lowest BCUT2D eigenvalue weighted by atomic mass is 9.58. The fourth-order valence-electron chi connectivity index (χ4n) is 3.39. The molecule has 1 atom stereocenters. The Morgan fingerprint density at radius 1 is 1.27 bits per heavy atom. The first-order valence-electron chi connectivity index (χ1n) is 9.03. The number of para-hydroxylation sites is 1. The van der Waals surface area contributed by atoms with E-state index < -0.39 is 6.98 Å². The van der Waals surface area contributed by atoms with Crippen molar-refractivity contribution in [1.82, 2.24) is 14.8 Å². The number of benzene rings is 1. The Hall–Kier alpha value is -2.30. The predicted molar refractivity (Wildman–Crippen MR) is 91.2 cm³/mol. The van der Waals surface area contributed by atoms with Crippen molar-refractivity contribution in [2.45, 2.75) is 26.8 Å². The zero-order chi connectivity index (χ0) is 17.9. The molecule has 0 fully saturated rings. The molecule has 3 heterocycles. The normalized spacial score (nSPS) is 23.5. The highest BCUT2D eigenvalue weighted by Gasteiger charge is 2.37. The van der Waals surface area contributed by atoms with E-state index in [1.54, 1.807) is 6.20 Å². The Kier molecular flexibility index (Phi) is 2.18. The first-order chi connectivity index (χ1) is 11.8. The van der Waals surface area contributed by atoms with Crippen molar-refractivity contribution < 1.29 is 8.53 Å². The van der Waals surface area contributed by atoms with Crippen molar-refractivity contribution in [3.63, 3.8) is 0 Å². The van der Waals surface area contributed by atoms with Gasteiger partial charge in [0.25, 0.3) is 0 Å². The molecule has 2 aliphatic rings. The van der Waals surface area contributed by atoms with Gasteiger partial charge in [0.1, 0.15) is 17.4 Å². The number of fused-ring (bicyclic) bond motifs is 3. The molecule has 5 heteroatoms. The van der Waals surface area contributed by atoms with E-state index in [1.165, 1.54) is 4.90 Å². The summed E-state index contributed by atoms with van der Waals surface area (Å²) < 4.78 is 29.2. The maximum Gasteiger partial charge on any atom is 0.353 e. The molecular weight excluding hydrogens is 273 g/mol. The minimum absolute atomic E-state index is 0.0314. The van der Waals surface area contributed by atoms with Gasteiger partial charge in [-0.05, 0) is 26.0 Å². The van der Waals surface area contributed by atoms with Gasteiger partial charge in [-0.3, -0.25) is 5.01 Å². The van der Waals surface area contributed by atoms with Crippen LogP contribution < -0.4 is 5.66 Å². The second-order valence-electron chi connectivity index (χ2n) is 5.90. The van der Waals surface area contributed by atoms with E-state index in [-0.39, 0.29) is 13.0 Å². The zero-order valence-electron chi connectivity index (χ0n) is 15.9. The second kappa shape index (κ2) is 4.60. The van der Waals surface area contributed by atoms with Crippen molar-refractivity contribution in [1.29, 1.82) is 0 Å². The summed E-state index contributed by atoms with van der Waals surface area (Å²) in [7, 11) is 0. The Bertz CT molecular complexity index is 889. The smallest absolute Gasteiger partial charge is 0.353 e. The number of furan rings is 1. The van der Waals surface area contributed by atoms with Crippen LogP contribution in [0.25, 0.3) is 17.0 Å². The topological polar surface area (TPSA) is 22.9 Å². The summed E-state index contributed by atoms with van der Waals surface area (Å²) in [6.45, 7) is 3.82. The molecule has 2 aromatic rings. The van der Waals surface area contributed by atoms with Crippen LogP contribution in [-0.4, -0.2) is 34.8 Å². The molecule has 0 spiro atoms. The SMILES string of the molecule is [2H]C([2H])([2H])N1C=CN(N2B(C)c3oc4ccccc4c3C=C2C)[C@H]1C. The van der Waals surface area contributed by atoms with Crippen LogP contribution in [0, 0.1) is 0 Å². The molecule has 0 saturated carbocycles. The van der Waals surface area contributed by atoms with Crippen molar-refractivity contribution in [3.05, 3.63) is 47.9 Å². The molecule has 1 aromatic heterocycles. The van der Waals surface area contributed by atoms with Crippen LogP contribution in [0.5, 0.6) is 0 Å². The average Bonchev–Trinajstić information content (AvgIpc) is 3.09. The highest BCUT2D eigenvalue weighted by molar-refractivity contribution is 6.70. The molecule has 0 aliphatic carbocycles. The van der Waals surface area contributed by atoms with E-state index in [0.717, 1.165) is 27.9 Å². The Labute approximate surface area is 135 Å². The quantitative estimate of drug-likeness (QED) is 0.755. The van der Waals surface area contributed by atoms with E-state index in [1.807, 2.05) is 43.3 Å². The lowest BCUT2D eigenvalue weighted by Crippen LogP contribution is -2.57. The molecule has 22 heavy (non-hydrogen) atoms. The van der Waals surface area contributed by atoms with Crippen molar-refractivity contribution in [2.75, 3.05) is 6.98 Å². The molecule has 0 saturated heterocycles. The first kappa shape index (κ1) is 10.4. The van der Waals surface area contributed by atoms with Crippen LogP contribution in [-0.2, 0) is 0 Å². The van der Waals surface area contributed by atoms with Gasteiger partial charge in [-0.1, -0.05) is 25.0 Å². The van der Waals surface area contributed by atoms with Crippen LogP contribution >= 0.6 is 0 Å². The molecule has 4 nitrogen and oxygen atoms in total.